The van der Waals surface area contributed by atoms with Gasteiger partial charge in [0.2, 0.25) is 0 Å². The van der Waals surface area contributed by atoms with E-state index >= 15 is 0 Å². The maximum Gasteiger partial charge on any atom is 0.320 e. The van der Waals surface area contributed by atoms with Gasteiger partial charge in [-0.05, 0) is 32.8 Å². The van der Waals surface area contributed by atoms with E-state index in [1.165, 1.54) is 6.07 Å². The summed E-state index contributed by atoms with van der Waals surface area (Å²) in [5.74, 6) is -0.663. The number of ketones is 1. The molecule has 1 aromatic carbocycles. The van der Waals surface area contributed by atoms with Crippen molar-refractivity contribution in [1.82, 2.24) is 0 Å². The largest absolute Gasteiger partial charge is 0.455 e. The fraction of sp³-hybridized carbons (Fsp3) is 0.556. The standard InChI is InChI=1S/C18H21NO5/c1-17(2)14(12-8-4-5-9-13(12)19(22)23)24-16(21)18(15(17)20)10-6-3-7-11-18/h4-5,8-9,14H,3,6-7,10-11H2,1-2H3/t14-/m1/s1. The maximum absolute atomic E-state index is 13.2. The monoisotopic (exact) mass is 331 g/mol. The molecule has 0 amide bonds. The van der Waals surface area contributed by atoms with Gasteiger partial charge in [0.05, 0.1) is 15.9 Å². The van der Waals surface area contributed by atoms with Crippen molar-refractivity contribution in [2.75, 3.05) is 0 Å². The van der Waals surface area contributed by atoms with Crippen LogP contribution in [0, 0.1) is 20.9 Å². The van der Waals surface area contributed by atoms with E-state index in [2.05, 4.69) is 0 Å². The van der Waals surface area contributed by atoms with Crippen LogP contribution in [0.2, 0.25) is 0 Å². The molecule has 3 rings (SSSR count). The molecule has 2 fully saturated rings. The van der Waals surface area contributed by atoms with Gasteiger partial charge < -0.3 is 4.74 Å². The van der Waals surface area contributed by atoms with Gasteiger partial charge in [0, 0.05) is 6.07 Å². The number of nitrogens with zero attached hydrogens (tertiary/aromatic N) is 1. The lowest BCUT2D eigenvalue weighted by molar-refractivity contribution is -0.386. The molecular formula is C18H21NO5. The molecule has 1 saturated heterocycles. The molecule has 24 heavy (non-hydrogen) atoms. The van der Waals surface area contributed by atoms with Crippen LogP contribution in [0.3, 0.4) is 0 Å². The molecule has 1 aliphatic carbocycles. The summed E-state index contributed by atoms with van der Waals surface area (Å²) in [5.41, 5.74) is -1.92. The number of benzene rings is 1. The lowest BCUT2D eigenvalue weighted by atomic mass is 9.60. The van der Waals surface area contributed by atoms with Crippen molar-refractivity contribution < 1.29 is 19.2 Å². The number of carbonyl (C=O) groups is 2. The van der Waals surface area contributed by atoms with Gasteiger partial charge in [0.25, 0.3) is 5.69 Å². The minimum Gasteiger partial charge on any atom is -0.455 e. The molecule has 0 bridgehead atoms. The van der Waals surface area contributed by atoms with Gasteiger partial charge in [-0.3, -0.25) is 19.7 Å². The summed E-state index contributed by atoms with van der Waals surface area (Å²) in [6.07, 6.45) is 2.75. The Morgan fingerprint density at radius 3 is 2.38 bits per heavy atom. The summed E-state index contributed by atoms with van der Waals surface area (Å²) >= 11 is 0. The molecular weight excluding hydrogens is 310 g/mol. The van der Waals surface area contributed by atoms with Gasteiger partial charge in [-0.1, -0.05) is 31.4 Å². The second kappa shape index (κ2) is 5.69. The lowest BCUT2D eigenvalue weighted by Gasteiger charge is -2.47. The second-order valence-electron chi connectivity index (χ2n) is 7.29. The third kappa shape index (κ3) is 2.32. The number of rotatable bonds is 2. The molecule has 0 unspecified atom stereocenters. The highest BCUT2D eigenvalue weighted by molar-refractivity contribution is 6.08. The van der Waals surface area contributed by atoms with Crippen LogP contribution in [-0.2, 0) is 14.3 Å². The van der Waals surface area contributed by atoms with Crippen LogP contribution < -0.4 is 0 Å². The normalized spacial score (nSPS) is 25.3. The van der Waals surface area contributed by atoms with Crippen molar-refractivity contribution in [2.45, 2.75) is 52.1 Å². The Balaban J connectivity index is 2.06. The Kier molecular flexibility index (Phi) is 3.94. The summed E-state index contributed by atoms with van der Waals surface area (Å²) in [6, 6.07) is 6.14. The second-order valence-corrected chi connectivity index (χ2v) is 7.29. The molecule has 1 atom stereocenters. The van der Waals surface area contributed by atoms with Gasteiger partial charge in [-0.15, -0.1) is 0 Å². The van der Waals surface area contributed by atoms with Crippen LogP contribution >= 0.6 is 0 Å². The van der Waals surface area contributed by atoms with E-state index in [9.17, 15) is 19.7 Å². The number of para-hydroxylation sites is 1. The van der Waals surface area contributed by atoms with Crippen LogP contribution in [0.25, 0.3) is 0 Å². The highest BCUT2D eigenvalue weighted by Gasteiger charge is 2.60. The van der Waals surface area contributed by atoms with E-state index in [0.29, 0.717) is 12.8 Å². The summed E-state index contributed by atoms with van der Waals surface area (Å²) in [6.45, 7) is 3.44. The molecule has 1 aromatic rings. The number of hydrogen-bond acceptors (Lipinski definition) is 5. The lowest BCUT2D eigenvalue weighted by Crippen LogP contribution is -2.55. The maximum atomic E-state index is 13.2. The van der Waals surface area contributed by atoms with Crippen LogP contribution in [-0.4, -0.2) is 16.7 Å². The Hall–Kier alpha value is -2.24. The molecule has 0 N–H and O–H groups in total. The van der Waals surface area contributed by atoms with E-state index in [4.69, 9.17) is 4.74 Å². The number of Topliss-reactive ketones (excluding diaryl/α,β-unsaturated/α-hetero) is 1. The quantitative estimate of drug-likeness (QED) is 0.356. The number of carbonyl (C=O) groups excluding carboxylic acids is 2. The SMILES string of the molecule is CC1(C)C(=O)C2(CCCCC2)C(=O)O[C@@H]1c1ccccc1[N+](=O)[O-]. The molecule has 6 heteroatoms. The average Bonchev–Trinajstić information content (AvgIpc) is 2.58. The first-order valence-electron chi connectivity index (χ1n) is 8.30. The number of nitro groups is 1. The number of ether oxygens (including phenoxy) is 1. The zero-order valence-electron chi connectivity index (χ0n) is 13.9. The molecule has 1 saturated carbocycles. The van der Waals surface area contributed by atoms with Gasteiger partial charge in [0.1, 0.15) is 11.5 Å². The Bertz CT molecular complexity index is 703. The highest BCUT2D eigenvalue weighted by Crippen LogP contribution is 2.54. The van der Waals surface area contributed by atoms with Crippen molar-refractivity contribution >= 4 is 17.4 Å². The van der Waals surface area contributed by atoms with Crippen molar-refractivity contribution in [2.24, 2.45) is 10.8 Å². The molecule has 1 spiro atoms. The molecule has 1 aliphatic heterocycles. The minimum atomic E-state index is -1.07. The van der Waals surface area contributed by atoms with E-state index < -0.39 is 27.8 Å². The van der Waals surface area contributed by atoms with E-state index in [0.717, 1.165) is 19.3 Å². The molecule has 1 heterocycles. The van der Waals surface area contributed by atoms with Gasteiger partial charge in [-0.25, -0.2) is 0 Å². The predicted octanol–water partition coefficient (Wildman–Crippen LogP) is 3.74. The average molecular weight is 331 g/mol. The molecule has 128 valence electrons. The molecule has 0 aromatic heterocycles. The summed E-state index contributed by atoms with van der Waals surface area (Å²) in [4.78, 5) is 36.8. The Morgan fingerprint density at radius 2 is 1.75 bits per heavy atom. The third-order valence-electron chi connectivity index (χ3n) is 5.41. The van der Waals surface area contributed by atoms with Crippen LogP contribution in [0.15, 0.2) is 24.3 Å². The summed E-state index contributed by atoms with van der Waals surface area (Å²) in [5, 5.41) is 11.3. The predicted molar refractivity (Wildman–Crippen MR) is 86.2 cm³/mol. The van der Waals surface area contributed by atoms with Gasteiger partial charge in [0.15, 0.2) is 5.78 Å². The van der Waals surface area contributed by atoms with Gasteiger partial charge >= 0.3 is 5.97 Å². The van der Waals surface area contributed by atoms with E-state index in [1.807, 2.05) is 0 Å². The first kappa shape index (κ1) is 16.6. The summed E-state index contributed by atoms with van der Waals surface area (Å²) in [7, 11) is 0. The molecule has 2 aliphatic rings. The fourth-order valence-corrected chi connectivity index (χ4v) is 4.11. The fourth-order valence-electron chi connectivity index (χ4n) is 4.11. The first-order valence-corrected chi connectivity index (χ1v) is 8.30. The zero-order valence-corrected chi connectivity index (χ0v) is 13.9. The Morgan fingerprint density at radius 1 is 1.12 bits per heavy atom. The van der Waals surface area contributed by atoms with Crippen LogP contribution in [0.5, 0.6) is 0 Å². The number of cyclic esters (lactones) is 1. The van der Waals surface area contributed by atoms with E-state index in [1.54, 1.807) is 32.0 Å². The van der Waals surface area contributed by atoms with Crippen molar-refractivity contribution in [3.8, 4) is 0 Å². The molecule has 6 nitrogen and oxygen atoms in total. The topological polar surface area (TPSA) is 86.5 Å². The van der Waals surface area contributed by atoms with Crippen molar-refractivity contribution in [1.29, 1.82) is 0 Å². The minimum absolute atomic E-state index is 0.129. The Labute approximate surface area is 140 Å². The van der Waals surface area contributed by atoms with Crippen LogP contribution in [0.4, 0.5) is 5.69 Å². The zero-order chi connectivity index (χ0) is 17.5. The first-order chi connectivity index (χ1) is 11.3. The number of nitro benzene ring substituents is 1. The summed E-state index contributed by atoms with van der Waals surface area (Å²) < 4.78 is 5.68. The number of hydrogen-bond donors (Lipinski definition) is 0. The molecule has 0 radical (unpaired) electrons. The van der Waals surface area contributed by atoms with E-state index in [-0.39, 0.29) is 17.0 Å². The van der Waals surface area contributed by atoms with Crippen molar-refractivity contribution in [3.05, 3.63) is 39.9 Å². The smallest absolute Gasteiger partial charge is 0.320 e. The highest BCUT2D eigenvalue weighted by atomic mass is 16.6. The third-order valence-corrected chi connectivity index (χ3v) is 5.41. The van der Waals surface area contributed by atoms with Crippen molar-refractivity contribution in [3.63, 3.8) is 0 Å². The van der Waals surface area contributed by atoms with Crippen LogP contribution in [0.1, 0.15) is 57.6 Å². The number of esters is 1. The van der Waals surface area contributed by atoms with Gasteiger partial charge in [-0.2, -0.15) is 0 Å².